The van der Waals surface area contributed by atoms with Crippen LogP contribution in [-0.4, -0.2) is 27.7 Å². The summed E-state index contributed by atoms with van der Waals surface area (Å²) in [5.74, 6) is -1.39. The third kappa shape index (κ3) is 2.38. The van der Waals surface area contributed by atoms with Gasteiger partial charge < -0.3 is 10.4 Å². The lowest BCUT2D eigenvalue weighted by Gasteiger charge is -2.21. The van der Waals surface area contributed by atoms with E-state index in [9.17, 15) is 28.1 Å². The van der Waals surface area contributed by atoms with E-state index >= 15 is 0 Å². The molecule has 2 rings (SSSR count). The predicted molar refractivity (Wildman–Crippen MR) is 61.7 cm³/mol. The Morgan fingerprint density at radius 3 is 2.40 bits per heavy atom. The van der Waals surface area contributed by atoms with Crippen LogP contribution in [0.4, 0.5) is 24.5 Å². The van der Waals surface area contributed by atoms with Gasteiger partial charge >= 0.3 is 12.1 Å². The molecule has 1 fully saturated rings. The summed E-state index contributed by atoms with van der Waals surface area (Å²) >= 11 is 0. The van der Waals surface area contributed by atoms with Crippen molar-refractivity contribution < 1.29 is 28.0 Å². The van der Waals surface area contributed by atoms with E-state index in [2.05, 4.69) is 5.32 Å². The maximum absolute atomic E-state index is 12.8. The molecule has 0 saturated heterocycles. The molecule has 1 aromatic carbocycles. The van der Waals surface area contributed by atoms with Gasteiger partial charge in [-0.05, 0) is 25.0 Å². The first-order chi connectivity index (χ1) is 9.16. The molecule has 0 atom stereocenters. The molecule has 0 radical (unpaired) electrons. The molecule has 1 aliphatic carbocycles. The second-order valence-corrected chi connectivity index (χ2v) is 4.50. The average Bonchev–Trinajstić information content (AvgIpc) is 3.09. The van der Waals surface area contributed by atoms with Gasteiger partial charge in [0.2, 0.25) is 0 Å². The van der Waals surface area contributed by atoms with E-state index in [1.807, 2.05) is 0 Å². The Bertz CT molecular complexity index is 582. The van der Waals surface area contributed by atoms with Crippen molar-refractivity contribution in [3.8, 4) is 0 Å². The number of halogens is 3. The van der Waals surface area contributed by atoms with Gasteiger partial charge in [-0.3, -0.25) is 10.1 Å². The van der Waals surface area contributed by atoms with Crippen LogP contribution in [-0.2, 0) is 0 Å². The number of alkyl halides is 3. The summed E-state index contributed by atoms with van der Waals surface area (Å²) in [5.41, 5.74) is -3.54. The highest BCUT2D eigenvalue weighted by atomic mass is 19.4. The molecule has 0 heterocycles. The van der Waals surface area contributed by atoms with E-state index in [1.165, 1.54) is 0 Å². The van der Waals surface area contributed by atoms with Crippen molar-refractivity contribution in [2.75, 3.05) is 5.32 Å². The van der Waals surface area contributed by atoms with Gasteiger partial charge in [0.15, 0.2) is 0 Å². The van der Waals surface area contributed by atoms with E-state index in [4.69, 9.17) is 5.11 Å². The first kappa shape index (κ1) is 14.1. The number of nitro groups is 1. The van der Waals surface area contributed by atoms with Crippen molar-refractivity contribution >= 4 is 17.3 Å². The lowest BCUT2D eigenvalue weighted by atomic mass is 10.1. The van der Waals surface area contributed by atoms with Gasteiger partial charge in [0.25, 0.3) is 5.69 Å². The molecule has 20 heavy (non-hydrogen) atoms. The van der Waals surface area contributed by atoms with Crippen molar-refractivity contribution in [3.63, 3.8) is 0 Å². The number of aromatic carboxylic acids is 1. The molecule has 9 heteroatoms. The predicted octanol–water partition coefficient (Wildman–Crippen LogP) is 2.80. The van der Waals surface area contributed by atoms with Gasteiger partial charge in [0, 0.05) is 6.07 Å². The topological polar surface area (TPSA) is 92.5 Å². The monoisotopic (exact) mass is 290 g/mol. The van der Waals surface area contributed by atoms with Gasteiger partial charge in [-0.1, -0.05) is 0 Å². The summed E-state index contributed by atoms with van der Waals surface area (Å²) in [5, 5.41) is 21.7. The number of carboxylic acids is 1. The first-order valence-electron chi connectivity index (χ1n) is 5.53. The third-order valence-corrected chi connectivity index (χ3v) is 3.11. The van der Waals surface area contributed by atoms with Crippen molar-refractivity contribution in [1.82, 2.24) is 0 Å². The van der Waals surface area contributed by atoms with Crippen molar-refractivity contribution in [2.45, 2.75) is 24.6 Å². The molecule has 0 bridgehead atoms. The number of nitrogens with one attached hydrogen (secondary N) is 1. The van der Waals surface area contributed by atoms with Crippen molar-refractivity contribution in [1.29, 1.82) is 0 Å². The minimum atomic E-state index is -4.52. The van der Waals surface area contributed by atoms with Gasteiger partial charge in [-0.2, -0.15) is 13.2 Å². The molecule has 108 valence electrons. The zero-order valence-corrected chi connectivity index (χ0v) is 9.90. The molecule has 6 nitrogen and oxygen atoms in total. The van der Waals surface area contributed by atoms with Crippen LogP contribution in [0.1, 0.15) is 23.2 Å². The highest BCUT2D eigenvalue weighted by Gasteiger charge is 2.63. The summed E-state index contributed by atoms with van der Waals surface area (Å²) < 4.78 is 38.4. The molecule has 0 amide bonds. The number of rotatable bonds is 4. The number of nitro benzene ring substituents is 1. The lowest BCUT2D eigenvalue weighted by Crippen LogP contribution is -2.38. The van der Waals surface area contributed by atoms with Crippen LogP contribution in [0.25, 0.3) is 0 Å². The molecule has 0 unspecified atom stereocenters. The van der Waals surface area contributed by atoms with Gasteiger partial charge in [0.1, 0.15) is 11.2 Å². The minimum absolute atomic E-state index is 0.172. The van der Waals surface area contributed by atoms with E-state index in [1.54, 1.807) is 0 Å². The Labute approximate surface area is 110 Å². The molecule has 1 aliphatic rings. The summed E-state index contributed by atoms with van der Waals surface area (Å²) in [6.45, 7) is 0. The van der Waals surface area contributed by atoms with E-state index in [0.717, 1.165) is 18.2 Å². The molecule has 0 spiro atoms. The maximum Gasteiger partial charge on any atom is 0.411 e. The van der Waals surface area contributed by atoms with Gasteiger partial charge in [-0.25, -0.2) is 4.79 Å². The second kappa shape index (κ2) is 4.36. The third-order valence-electron chi connectivity index (χ3n) is 3.11. The minimum Gasteiger partial charge on any atom is -0.478 e. The van der Waals surface area contributed by atoms with Crippen LogP contribution in [0.3, 0.4) is 0 Å². The molecule has 1 saturated carbocycles. The Morgan fingerprint density at radius 2 is 2.00 bits per heavy atom. The van der Waals surface area contributed by atoms with Crippen LogP contribution < -0.4 is 5.32 Å². The summed E-state index contributed by atoms with van der Waals surface area (Å²) in [4.78, 5) is 20.6. The molecule has 0 aliphatic heterocycles. The normalized spacial score (nSPS) is 16.6. The Morgan fingerprint density at radius 1 is 1.40 bits per heavy atom. The van der Waals surface area contributed by atoms with E-state index < -0.39 is 28.3 Å². The Balaban J connectivity index is 2.38. The molecular weight excluding hydrogens is 281 g/mol. The first-order valence-corrected chi connectivity index (χ1v) is 5.53. The quantitative estimate of drug-likeness (QED) is 0.657. The van der Waals surface area contributed by atoms with Crippen molar-refractivity contribution in [2.24, 2.45) is 0 Å². The number of carbonyl (C=O) groups is 1. The van der Waals surface area contributed by atoms with Crippen LogP contribution in [0.15, 0.2) is 18.2 Å². The number of hydrogen-bond donors (Lipinski definition) is 2. The maximum atomic E-state index is 12.8. The lowest BCUT2D eigenvalue weighted by molar-refractivity contribution is -0.384. The zero-order chi connectivity index (χ0) is 15.1. The molecule has 1 aromatic rings. The summed E-state index contributed by atoms with van der Waals surface area (Å²) in [6, 6.07) is 2.73. The van der Waals surface area contributed by atoms with Gasteiger partial charge in [-0.15, -0.1) is 0 Å². The number of hydrogen-bond acceptors (Lipinski definition) is 4. The van der Waals surface area contributed by atoms with Gasteiger partial charge in [0.05, 0.1) is 10.5 Å². The number of anilines is 1. The fraction of sp³-hybridized carbons (Fsp3) is 0.364. The fourth-order valence-corrected chi connectivity index (χ4v) is 1.78. The SMILES string of the molecule is O=C(O)c1ccc(NC2(C(F)(F)F)CC2)c([N+](=O)[O-])c1. The van der Waals surface area contributed by atoms with Crippen LogP contribution in [0.2, 0.25) is 0 Å². The number of nitrogens with zero attached hydrogens (tertiary/aromatic N) is 1. The standard InChI is InChI=1S/C11H9F3N2O4/c12-11(13,14)10(3-4-10)15-7-2-1-6(9(17)18)5-8(7)16(19)20/h1-2,5,15H,3-4H2,(H,17,18). The largest absolute Gasteiger partial charge is 0.478 e. The fourth-order valence-electron chi connectivity index (χ4n) is 1.78. The highest BCUT2D eigenvalue weighted by molar-refractivity contribution is 5.89. The zero-order valence-electron chi connectivity index (χ0n) is 9.90. The van der Waals surface area contributed by atoms with Crippen LogP contribution in [0, 0.1) is 10.1 Å². The number of carboxylic acid groups (broad SMARTS) is 1. The second-order valence-electron chi connectivity index (χ2n) is 4.50. The Hall–Kier alpha value is -2.32. The molecular formula is C11H9F3N2O4. The van der Waals surface area contributed by atoms with E-state index in [0.29, 0.717) is 0 Å². The molecule has 0 aromatic heterocycles. The van der Waals surface area contributed by atoms with E-state index in [-0.39, 0.29) is 24.1 Å². The Kier molecular flexibility index (Phi) is 3.07. The summed E-state index contributed by atoms with van der Waals surface area (Å²) in [7, 11) is 0. The highest BCUT2D eigenvalue weighted by Crippen LogP contribution is 2.52. The van der Waals surface area contributed by atoms with Crippen molar-refractivity contribution in [3.05, 3.63) is 33.9 Å². The summed E-state index contributed by atoms with van der Waals surface area (Å²) in [6.07, 6.45) is -4.87. The average molecular weight is 290 g/mol. The smallest absolute Gasteiger partial charge is 0.411 e. The van der Waals surface area contributed by atoms with Crippen LogP contribution in [0.5, 0.6) is 0 Å². The van der Waals surface area contributed by atoms with Crippen LogP contribution >= 0.6 is 0 Å². The number of benzene rings is 1. The molecule has 2 N–H and O–H groups in total.